The summed E-state index contributed by atoms with van der Waals surface area (Å²) in [6.45, 7) is 4.46. The number of aromatic amines is 1. The zero-order valence-corrected chi connectivity index (χ0v) is 11.1. The number of nitrogens with zero attached hydrogens (tertiary/aromatic N) is 1. The number of Topliss-reactive ketones (excluding diaryl/α,β-unsaturated/α-hetero) is 1. The van der Waals surface area contributed by atoms with Gasteiger partial charge in [-0.2, -0.15) is 0 Å². The van der Waals surface area contributed by atoms with Crippen molar-refractivity contribution in [2.45, 2.75) is 32.7 Å². The number of hydrogen-bond donors (Lipinski definition) is 1. The monoisotopic (exact) mass is 266 g/mol. The minimum atomic E-state index is -0.504. The van der Waals surface area contributed by atoms with Crippen LogP contribution in [0.4, 0.5) is 0 Å². The van der Waals surface area contributed by atoms with E-state index in [2.05, 4.69) is 4.98 Å². The molecule has 1 aliphatic rings. The Bertz CT molecular complexity index is 581. The third-order valence-corrected chi connectivity index (χ3v) is 3.74. The molecule has 1 atom stereocenters. The lowest BCUT2D eigenvalue weighted by Crippen LogP contribution is -2.42. The first-order chi connectivity index (χ1) is 9.02. The quantitative estimate of drug-likeness (QED) is 0.818. The van der Waals surface area contributed by atoms with E-state index in [0.717, 1.165) is 17.4 Å². The molecule has 1 aromatic rings. The summed E-state index contributed by atoms with van der Waals surface area (Å²) in [6.07, 6.45) is 2.83. The van der Waals surface area contributed by atoms with Crippen molar-refractivity contribution in [3.63, 3.8) is 0 Å². The number of carbonyl (C=O) groups is 1. The smallest absolute Gasteiger partial charge is 0.328 e. The Hall–Kier alpha value is -1.69. The number of carbonyl (C=O) groups excluding carboxylic acids is 1. The van der Waals surface area contributed by atoms with Crippen LogP contribution in [0.3, 0.4) is 0 Å². The van der Waals surface area contributed by atoms with E-state index in [1.165, 1.54) is 13.1 Å². The average Bonchev–Trinajstić information content (AvgIpc) is 2.39. The highest BCUT2D eigenvalue weighted by Crippen LogP contribution is 2.25. The van der Waals surface area contributed by atoms with Crippen molar-refractivity contribution < 1.29 is 9.53 Å². The van der Waals surface area contributed by atoms with Gasteiger partial charge in [0, 0.05) is 25.5 Å². The van der Waals surface area contributed by atoms with Gasteiger partial charge in [0.2, 0.25) is 0 Å². The largest absolute Gasteiger partial charge is 0.381 e. The first-order valence-corrected chi connectivity index (χ1v) is 6.45. The summed E-state index contributed by atoms with van der Waals surface area (Å²) in [6, 6.07) is -0.237. The van der Waals surface area contributed by atoms with Crippen molar-refractivity contribution >= 4 is 5.78 Å². The maximum absolute atomic E-state index is 12.2. The molecule has 6 heteroatoms. The summed E-state index contributed by atoms with van der Waals surface area (Å²) < 4.78 is 6.44. The van der Waals surface area contributed by atoms with Crippen LogP contribution < -0.4 is 11.2 Å². The van der Waals surface area contributed by atoms with Crippen molar-refractivity contribution in [3.8, 4) is 0 Å². The van der Waals surface area contributed by atoms with Crippen LogP contribution in [0.1, 0.15) is 43.1 Å². The summed E-state index contributed by atoms with van der Waals surface area (Å²) in [4.78, 5) is 37.9. The van der Waals surface area contributed by atoms with Crippen LogP contribution in [-0.4, -0.2) is 28.5 Å². The maximum Gasteiger partial charge on any atom is 0.328 e. The second-order valence-corrected chi connectivity index (χ2v) is 4.93. The molecule has 1 saturated heterocycles. The van der Waals surface area contributed by atoms with Gasteiger partial charge < -0.3 is 9.72 Å². The molecular formula is C13H18N2O4. The molecule has 0 radical (unpaired) electrons. The van der Waals surface area contributed by atoms with E-state index >= 15 is 0 Å². The first-order valence-electron chi connectivity index (χ1n) is 6.45. The number of aromatic nitrogens is 2. The number of ketones is 1. The third kappa shape index (κ3) is 2.68. The molecule has 104 valence electrons. The summed E-state index contributed by atoms with van der Waals surface area (Å²) in [7, 11) is 0. The molecule has 2 heterocycles. The van der Waals surface area contributed by atoms with Crippen molar-refractivity contribution in [1.82, 2.24) is 9.55 Å². The molecule has 0 bridgehead atoms. The molecular weight excluding hydrogens is 248 g/mol. The lowest BCUT2D eigenvalue weighted by Gasteiger charge is -2.28. The molecule has 2 rings (SSSR count). The summed E-state index contributed by atoms with van der Waals surface area (Å²) >= 11 is 0. The topological polar surface area (TPSA) is 81.2 Å². The van der Waals surface area contributed by atoms with Crippen LogP contribution in [-0.2, 0) is 4.74 Å². The fraction of sp³-hybridized carbons (Fsp3) is 0.615. The normalized spacial score (nSPS) is 18.2. The molecule has 1 N–H and O–H groups in total. The van der Waals surface area contributed by atoms with Gasteiger partial charge in [0.1, 0.15) is 0 Å². The molecule has 0 aromatic carbocycles. The molecule has 0 spiro atoms. The number of ether oxygens (including phenoxy) is 1. The van der Waals surface area contributed by atoms with Crippen molar-refractivity contribution in [3.05, 3.63) is 32.6 Å². The van der Waals surface area contributed by atoms with Gasteiger partial charge in [0.25, 0.3) is 5.56 Å². The van der Waals surface area contributed by atoms with Crippen molar-refractivity contribution in [2.75, 3.05) is 13.2 Å². The molecule has 6 nitrogen and oxygen atoms in total. The van der Waals surface area contributed by atoms with Gasteiger partial charge in [-0.1, -0.05) is 0 Å². The highest BCUT2D eigenvalue weighted by Gasteiger charge is 2.25. The lowest BCUT2D eigenvalue weighted by atomic mass is 9.92. The van der Waals surface area contributed by atoms with Crippen LogP contribution in [0.25, 0.3) is 0 Å². The number of nitrogens with one attached hydrogen (secondary N) is 1. The second-order valence-electron chi connectivity index (χ2n) is 4.93. The highest BCUT2D eigenvalue weighted by atomic mass is 16.5. The maximum atomic E-state index is 12.2. The van der Waals surface area contributed by atoms with Crippen molar-refractivity contribution in [1.29, 1.82) is 0 Å². The third-order valence-electron chi connectivity index (χ3n) is 3.74. The Kier molecular flexibility index (Phi) is 3.99. The van der Waals surface area contributed by atoms with E-state index in [4.69, 9.17) is 4.74 Å². The number of rotatable bonds is 3. The highest BCUT2D eigenvalue weighted by molar-refractivity contribution is 5.93. The van der Waals surface area contributed by atoms with E-state index in [1.54, 1.807) is 0 Å². The fourth-order valence-corrected chi connectivity index (χ4v) is 2.52. The lowest BCUT2D eigenvalue weighted by molar-refractivity contribution is 0.0501. The molecule has 19 heavy (non-hydrogen) atoms. The van der Waals surface area contributed by atoms with Crippen LogP contribution >= 0.6 is 0 Å². The molecule has 1 aromatic heterocycles. The van der Waals surface area contributed by atoms with E-state index in [1.807, 2.05) is 6.92 Å². The van der Waals surface area contributed by atoms with E-state index in [0.29, 0.717) is 13.2 Å². The van der Waals surface area contributed by atoms with Gasteiger partial charge >= 0.3 is 5.69 Å². The number of hydrogen-bond acceptors (Lipinski definition) is 4. The SMILES string of the molecule is CC(=O)c1c[nH]c(=O)n(C(C)C2CCOCC2)c1=O. The molecule has 1 aliphatic heterocycles. The van der Waals surface area contributed by atoms with Crippen molar-refractivity contribution in [2.24, 2.45) is 5.92 Å². The standard InChI is InChI=1S/C13H18N2O4/c1-8(10-3-5-19-6-4-10)15-12(17)11(9(2)16)7-14-13(15)18/h7-8,10H,3-6H2,1-2H3,(H,14,18). The van der Waals surface area contributed by atoms with Gasteiger partial charge in [0.05, 0.1) is 5.56 Å². The summed E-state index contributed by atoms with van der Waals surface area (Å²) in [5.74, 6) is -0.121. The second kappa shape index (κ2) is 5.52. The Labute approximate surface area is 110 Å². The van der Waals surface area contributed by atoms with Crippen LogP contribution in [0.5, 0.6) is 0 Å². The Balaban J connectivity index is 2.43. The molecule has 0 amide bonds. The van der Waals surface area contributed by atoms with Crippen LogP contribution in [0.2, 0.25) is 0 Å². The fourth-order valence-electron chi connectivity index (χ4n) is 2.52. The predicted molar refractivity (Wildman–Crippen MR) is 69.6 cm³/mol. The minimum absolute atomic E-state index is 0.0264. The molecule has 1 unspecified atom stereocenters. The molecule has 0 saturated carbocycles. The van der Waals surface area contributed by atoms with Gasteiger partial charge in [-0.05, 0) is 32.6 Å². The summed E-state index contributed by atoms with van der Waals surface area (Å²) in [5, 5.41) is 0. The average molecular weight is 266 g/mol. The van der Waals surface area contributed by atoms with E-state index < -0.39 is 11.2 Å². The van der Waals surface area contributed by atoms with Gasteiger partial charge in [-0.15, -0.1) is 0 Å². The molecule has 0 aliphatic carbocycles. The molecule has 1 fully saturated rings. The zero-order chi connectivity index (χ0) is 14.0. The van der Waals surface area contributed by atoms with Gasteiger partial charge in [0.15, 0.2) is 5.78 Å². The van der Waals surface area contributed by atoms with Crippen LogP contribution in [0, 0.1) is 5.92 Å². The summed E-state index contributed by atoms with van der Waals surface area (Å²) in [5.41, 5.74) is -0.942. The Morgan fingerprint density at radius 3 is 2.63 bits per heavy atom. The Morgan fingerprint density at radius 1 is 1.42 bits per heavy atom. The first kappa shape index (κ1) is 13.7. The minimum Gasteiger partial charge on any atom is -0.381 e. The van der Waals surface area contributed by atoms with Gasteiger partial charge in [-0.3, -0.25) is 14.2 Å². The predicted octanol–water partition coefficient (Wildman–Crippen LogP) is 0.727. The Morgan fingerprint density at radius 2 is 2.05 bits per heavy atom. The van der Waals surface area contributed by atoms with E-state index in [-0.39, 0.29) is 23.3 Å². The number of H-pyrrole nitrogens is 1. The van der Waals surface area contributed by atoms with E-state index in [9.17, 15) is 14.4 Å². The van der Waals surface area contributed by atoms with Crippen LogP contribution in [0.15, 0.2) is 15.8 Å². The van der Waals surface area contributed by atoms with Gasteiger partial charge in [-0.25, -0.2) is 4.79 Å². The zero-order valence-electron chi connectivity index (χ0n) is 11.1.